The van der Waals surface area contributed by atoms with Gasteiger partial charge in [-0.05, 0) is 19.9 Å². The quantitative estimate of drug-likeness (QED) is 0.880. The number of halogens is 3. The molecule has 2 aromatic heterocycles. The number of carbonyl (C=O) groups excluding carboxylic acids is 1. The average Bonchev–Trinajstić information content (AvgIpc) is 2.70. The fraction of sp³-hybridized carbons (Fsp3) is 0.429. The third-order valence-corrected chi connectivity index (χ3v) is 3.38. The van der Waals surface area contributed by atoms with Crippen molar-refractivity contribution in [3.63, 3.8) is 0 Å². The van der Waals surface area contributed by atoms with Gasteiger partial charge in [-0.1, -0.05) is 0 Å². The number of nitrogens with one attached hydrogen (secondary N) is 1. The zero-order chi connectivity index (χ0) is 18.2. The Morgan fingerprint density at radius 1 is 1.38 bits per heavy atom. The number of amides is 1. The third-order valence-electron chi connectivity index (χ3n) is 3.38. The Labute approximate surface area is 134 Å². The largest absolute Gasteiger partial charge is 0.480 e. The molecule has 1 amide bonds. The second-order valence-electron chi connectivity index (χ2n) is 5.40. The summed E-state index contributed by atoms with van der Waals surface area (Å²) in [5.74, 6) is -2.68. The molecule has 0 aliphatic carbocycles. The molecule has 130 valence electrons. The van der Waals surface area contributed by atoms with Crippen LogP contribution in [0.1, 0.15) is 28.2 Å². The summed E-state index contributed by atoms with van der Waals surface area (Å²) >= 11 is 0. The van der Waals surface area contributed by atoms with Crippen molar-refractivity contribution < 1.29 is 27.9 Å². The minimum Gasteiger partial charge on any atom is -0.480 e. The summed E-state index contributed by atoms with van der Waals surface area (Å²) in [6, 6.07) is -0.684. The molecule has 0 spiro atoms. The molecule has 10 heteroatoms. The van der Waals surface area contributed by atoms with E-state index in [4.69, 9.17) is 5.11 Å². The lowest BCUT2D eigenvalue weighted by molar-refractivity contribution is -0.157. The smallest absolute Gasteiger partial charge is 0.391 e. The zero-order valence-corrected chi connectivity index (χ0v) is 13.1. The van der Waals surface area contributed by atoms with Gasteiger partial charge in [-0.3, -0.25) is 9.48 Å². The molecular weight excluding hydrogens is 329 g/mol. The molecule has 2 N–H and O–H groups in total. The Morgan fingerprint density at radius 2 is 2.00 bits per heavy atom. The molecule has 0 saturated heterocycles. The van der Waals surface area contributed by atoms with E-state index >= 15 is 0 Å². The summed E-state index contributed by atoms with van der Waals surface area (Å²) in [5.41, 5.74) is 1.35. The molecular formula is C14H15F3N4O3. The number of rotatable bonds is 4. The Bertz CT molecular complexity index is 814. The Balaban J connectivity index is 2.42. The number of aryl methyl sites for hydroxylation is 3. The van der Waals surface area contributed by atoms with Gasteiger partial charge in [0.2, 0.25) is 0 Å². The van der Waals surface area contributed by atoms with Crippen LogP contribution in [0.2, 0.25) is 0 Å². The Hall–Kier alpha value is -2.65. The number of carboxylic acid groups (broad SMARTS) is 1. The molecule has 1 unspecified atom stereocenters. The van der Waals surface area contributed by atoms with Gasteiger partial charge in [-0.25, -0.2) is 9.78 Å². The lowest BCUT2D eigenvalue weighted by atomic mass is 10.1. The molecule has 7 nitrogen and oxygen atoms in total. The maximum atomic E-state index is 12.5. The minimum atomic E-state index is -4.72. The highest BCUT2D eigenvalue weighted by Gasteiger charge is 2.36. The molecule has 2 rings (SSSR count). The van der Waals surface area contributed by atoms with Crippen LogP contribution in [-0.2, 0) is 11.8 Å². The van der Waals surface area contributed by atoms with Crippen molar-refractivity contribution >= 4 is 22.9 Å². The van der Waals surface area contributed by atoms with Gasteiger partial charge in [0.25, 0.3) is 5.91 Å². The van der Waals surface area contributed by atoms with Crippen molar-refractivity contribution in [2.75, 3.05) is 0 Å². The topological polar surface area (TPSA) is 97.1 Å². The SMILES string of the molecule is Cc1cc(C(=O)NC(CC(F)(F)F)C(=O)O)c2c(C)nn(C)c2n1. The van der Waals surface area contributed by atoms with Gasteiger partial charge < -0.3 is 10.4 Å². The van der Waals surface area contributed by atoms with Crippen LogP contribution in [0.4, 0.5) is 13.2 Å². The van der Waals surface area contributed by atoms with Gasteiger partial charge in [-0.15, -0.1) is 0 Å². The summed E-state index contributed by atoms with van der Waals surface area (Å²) in [6.07, 6.45) is -6.38. The number of alkyl halides is 3. The monoisotopic (exact) mass is 344 g/mol. The molecule has 0 aliphatic heterocycles. The second kappa shape index (κ2) is 6.10. The van der Waals surface area contributed by atoms with E-state index in [1.54, 1.807) is 20.9 Å². The summed E-state index contributed by atoms with van der Waals surface area (Å²) in [5, 5.41) is 15.3. The number of carboxylic acids is 1. The Morgan fingerprint density at radius 3 is 2.54 bits per heavy atom. The van der Waals surface area contributed by atoms with Crippen LogP contribution in [0.3, 0.4) is 0 Å². The zero-order valence-electron chi connectivity index (χ0n) is 13.1. The summed E-state index contributed by atoms with van der Waals surface area (Å²) in [6.45, 7) is 3.24. The van der Waals surface area contributed by atoms with Crippen LogP contribution in [0.5, 0.6) is 0 Å². The van der Waals surface area contributed by atoms with Gasteiger partial charge in [-0.2, -0.15) is 18.3 Å². The van der Waals surface area contributed by atoms with Crippen LogP contribution in [0.25, 0.3) is 11.0 Å². The number of pyridine rings is 1. The predicted molar refractivity (Wildman–Crippen MR) is 77.5 cm³/mol. The van der Waals surface area contributed by atoms with Crippen LogP contribution >= 0.6 is 0 Å². The van der Waals surface area contributed by atoms with Crippen molar-refractivity contribution in [1.29, 1.82) is 0 Å². The maximum Gasteiger partial charge on any atom is 0.391 e. The fourth-order valence-electron chi connectivity index (χ4n) is 2.42. The molecule has 0 fully saturated rings. The van der Waals surface area contributed by atoms with Gasteiger partial charge in [0.05, 0.1) is 23.1 Å². The highest BCUT2D eigenvalue weighted by Crippen LogP contribution is 2.24. The molecule has 0 aromatic carbocycles. The van der Waals surface area contributed by atoms with Crippen LogP contribution in [0, 0.1) is 13.8 Å². The first kappa shape index (κ1) is 17.7. The lowest BCUT2D eigenvalue weighted by Gasteiger charge is -2.16. The third kappa shape index (κ3) is 3.63. The van der Waals surface area contributed by atoms with E-state index in [0.717, 1.165) is 0 Å². The van der Waals surface area contributed by atoms with Gasteiger partial charge in [0.15, 0.2) is 5.65 Å². The summed E-state index contributed by atoms with van der Waals surface area (Å²) < 4.78 is 38.8. The normalized spacial score (nSPS) is 13.1. The average molecular weight is 344 g/mol. The number of aromatic nitrogens is 3. The maximum absolute atomic E-state index is 12.5. The van der Waals surface area contributed by atoms with E-state index in [1.165, 1.54) is 10.7 Å². The molecule has 0 bridgehead atoms. The van der Waals surface area contributed by atoms with Crippen molar-refractivity contribution in [1.82, 2.24) is 20.1 Å². The first-order valence-electron chi connectivity index (χ1n) is 6.91. The molecule has 0 saturated carbocycles. The van der Waals surface area contributed by atoms with Crippen molar-refractivity contribution in [3.8, 4) is 0 Å². The molecule has 2 aromatic rings. The number of nitrogens with zero attached hydrogens (tertiary/aromatic N) is 3. The number of hydrogen-bond donors (Lipinski definition) is 2. The van der Waals surface area contributed by atoms with E-state index in [0.29, 0.717) is 22.4 Å². The predicted octanol–water partition coefficient (Wildman–Crippen LogP) is 1.72. The highest BCUT2D eigenvalue weighted by atomic mass is 19.4. The van der Waals surface area contributed by atoms with Crippen molar-refractivity contribution in [2.45, 2.75) is 32.5 Å². The number of aliphatic carboxylic acids is 1. The Kier molecular flexibility index (Phi) is 4.50. The molecule has 0 radical (unpaired) electrons. The van der Waals surface area contributed by atoms with Crippen LogP contribution in [-0.4, -0.2) is 44.0 Å². The van der Waals surface area contributed by atoms with Crippen LogP contribution in [0.15, 0.2) is 6.07 Å². The molecule has 24 heavy (non-hydrogen) atoms. The van der Waals surface area contributed by atoms with E-state index in [-0.39, 0.29) is 5.56 Å². The molecule has 1 atom stereocenters. The first-order valence-corrected chi connectivity index (χ1v) is 6.91. The minimum absolute atomic E-state index is 0.0384. The first-order chi connectivity index (χ1) is 11.0. The van der Waals surface area contributed by atoms with Crippen molar-refractivity contribution in [2.24, 2.45) is 7.05 Å². The van der Waals surface area contributed by atoms with Gasteiger partial charge in [0, 0.05) is 12.7 Å². The van der Waals surface area contributed by atoms with Gasteiger partial charge >= 0.3 is 12.1 Å². The van der Waals surface area contributed by atoms with E-state index in [2.05, 4.69) is 10.1 Å². The summed E-state index contributed by atoms with van der Waals surface area (Å²) in [7, 11) is 1.62. The van der Waals surface area contributed by atoms with E-state index in [1.807, 2.05) is 5.32 Å². The highest BCUT2D eigenvalue weighted by molar-refractivity contribution is 6.07. The summed E-state index contributed by atoms with van der Waals surface area (Å²) in [4.78, 5) is 27.6. The van der Waals surface area contributed by atoms with E-state index in [9.17, 15) is 22.8 Å². The standard InChI is InChI=1S/C14H15F3N4O3/c1-6-4-8(10-7(2)20-21(3)11(10)18-6)12(22)19-9(13(23)24)5-14(15,16)17/h4,9H,5H2,1-3H3,(H,19,22)(H,23,24). The lowest BCUT2D eigenvalue weighted by Crippen LogP contribution is -2.43. The number of carbonyl (C=O) groups is 2. The second-order valence-corrected chi connectivity index (χ2v) is 5.40. The fourth-order valence-corrected chi connectivity index (χ4v) is 2.42. The number of hydrogen-bond acceptors (Lipinski definition) is 4. The van der Waals surface area contributed by atoms with E-state index < -0.39 is 30.5 Å². The van der Waals surface area contributed by atoms with Crippen LogP contribution < -0.4 is 5.32 Å². The van der Waals surface area contributed by atoms with Crippen molar-refractivity contribution in [3.05, 3.63) is 23.0 Å². The molecule has 0 aliphatic rings. The molecule has 2 heterocycles. The van der Waals surface area contributed by atoms with Gasteiger partial charge in [0.1, 0.15) is 6.04 Å². The number of fused-ring (bicyclic) bond motifs is 1.